The maximum atomic E-state index is 4.05. The van der Waals surface area contributed by atoms with Crippen molar-refractivity contribution < 1.29 is 0 Å². The highest BCUT2D eigenvalue weighted by atomic mass is 79.9. The number of halogens is 1. The van der Waals surface area contributed by atoms with Gasteiger partial charge in [0, 0.05) is 5.92 Å². The quantitative estimate of drug-likeness (QED) is 0.427. The molecule has 1 heteroatoms. The van der Waals surface area contributed by atoms with Gasteiger partial charge in [0.1, 0.15) is 0 Å². The molecule has 0 radical (unpaired) electrons. The van der Waals surface area contributed by atoms with E-state index in [-0.39, 0.29) is 0 Å². The lowest BCUT2D eigenvalue weighted by Gasteiger charge is -2.58. The van der Waals surface area contributed by atoms with Crippen LogP contribution in [0.3, 0.4) is 0 Å². The molecule has 6 saturated carbocycles. The Labute approximate surface area is 149 Å². The Balaban J connectivity index is 1.55. The van der Waals surface area contributed by atoms with Crippen LogP contribution in [0, 0.1) is 46.8 Å². The number of allylic oxidation sites excluding steroid dienone is 4. The summed E-state index contributed by atoms with van der Waals surface area (Å²) in [5, 5.41) is 0. The third-order valence-electron chi connectivity index (χ3n) is 8.78. The van der Waals surface area contributed by atoms with E-state index < -0.39 is 0 Å². The van der Waals surface area contributed by atoms with Gasteiger partial charge in [0.15, 0.2) is 0 Å². The second kappa shape index (κ2) is 4.57. The molecule has 124 valence electrons. The highest BCUT2D eigenvalue weighted by molar-refractivity contribution is 9.11. The van der Waals surface area contributed by atoms with Gasteiger partial charge >= 0.3 is 0 Å². The van der Waals surface area contributed by atoms with Gasteiger partial charge in [0.25, 0.3) is 0 Å². The van der Waals surface area contributed by atoms with Crippen molar-refractivity contribution in [3.05, 3.63) is 21.7 Å². The van der Waals surface area contributed by atoms with Crippen LogP contribution in [0.15, 0.2) is 21.7 Å². The Morgan fingerprint density at radius 2 is 1.65 bits per heavy atom. The van der Waals surface area contributed by atoms with Gasteiger partial charge in [0.05, 0.1) is 0 Å². The molecule has 0 aliphatic heterocycles. The standard InChI is InChI=1S/C22H29Br/c1-22-10-13-4-14(11-22)8-17(7-13)21(22)20-16-6-12-2-3-18(23)19(20)15(5-12)9-16/h3,12-17,19H,2,4-11H2,1H3/b21-20-/t12?,13-,14+,15?,16?,17?,19?,22?. The zero-order valence-electron chi connectivity index (χ0n) is 14.4. The molecule has 7 bridgehead atoms. The Hall–Kier alpha value is -0.0400. The van der Waals surface area contributed by atoms with Crippen LogP contribution in [0.2, 0.25) is 0 Å². The first-order valence-electron chi connectivity index (χ1n) is 10.2. The van der Waals surface area contributed by atoms with Crippen LogP contribution in [0.5, 0.6) is 0 Å². The second-order valence-electron chi connectivity index (χ2n) is 10.3. The van der Waals surface area contributed by atoms with Gasteiger partial charge in [0.2, 0.25) is 0 Å². The topological polar surface area (TPSA) is 0 Å². The molecule has 0 aromatic heterocycles. The van der Waals surface area contributed by atoms with Gasteiger partial charge in [-0.15, -0.1) is 0 Å². The Bertz CT molecular complexity index is 612. The molecule has 0 heterocycles. The summed E-state index contributed by atoms with van der Waals surface area (Å²) in [6.07, 6.45) is 16.1. The van der Waals surface area contributed by atoms with Crippen molar-refractivity contribution in [3.8, 4) is 0 Å². The fraction of sp³-hybridized carbons (Fsp3) is 0.818. The van der Waals surface area contributed by atoms with E-state index >= 15 is 0 Å². The third kappa shape index (κ3) is 1.84. The third-order valence-corrected chi connectivity index (χ3v) is 9.60. The smallest absolute Gasteiger partial charge is 0.0145 e. The van der Waals surface area contributed by atoms with Crippen molar-refractivity contribution in [2.24, 2.45) is 46.8 Å². The van der Waals surface area contributed by atoms with Gasteiger partial charge in [-0.25, -0.2) is 0 Å². The van der Waals surface area contributed by atoms with Crippen LogP contribution in [0.4, 0.5) is 0 Å². The first kappa shape index (κ1) is 14.2. The molecule has 23 heavy (non-hydrogen) atoms. The molecule has 0 amide bonds. The molecule has 7 aliphatic carbocycles. The molecule has 6 unspecified atom stereocenters. The largest absolute Gasteiger partial charge is 0.0735 e. The molecular weight excluding hydrogens is 344 g/mol. The minimum Gasteiger partial charge on any atom is -0.0735 e. The summed E-state index contributed by atoms with van der Waals surface area (Å²) in [6, 6.07) is 0. The van der Waals surface area contributed by atoms with E-state index in [1.54, 1.807) is 23.7 Å². The molecule has 8 atom stereocenters. The monoisotopic (exact) mass is 372 g/mol. The molecular formula is C22H29Br. The van der Waals surface area contributed by atoms with Crippen LogP contribution < -0.4 is 0 Å². The molecule has 7 rings (SSSR count). The molecule has 0 aromatic rings. The van der Waals surface area contributed by atoms with E-state index in [1.807, 2.05) is 11.1 Å². The van der Waals surface area contributed by atoms with Gasteiger partial charge in [-0.1, -0.05) is 40.1 Å². The number of hydrogen-bond acceptors (Lipinski definition) is 0. The normalized spacial score (nSPS) is 59.4. The van der Waals surface area contributed by atoms with Crippen LogP contribution >= 0.6 is 15.9 Å². The molecule has 7 aliphatic rings. The number of hydrogen-bond donors (Lipinski definition) is 0. The van der Waals surface area contributed by atoms with Crippen molar-refractivity contribution in [3.63, 3.8) is 0 Å². The van der Waals surface area contributed by atoms with E-state index in [2.05, 4.69) is 28.9 Å². The van der Waals surface area contributed by atoms with Gasteiger partial charge in [-0.3, -0.25) is 0 Å². The van der Waals surface area contributed by atoms with E-state index in [0.717, 1.165) is 41.4 Å². The molecule has 0 N–H and O–H groups in total. The molecule has 0 aromatic carbocycles. The van der Waals surface area contributed by atoms with Crippen LogP contribution in [0.25, 0.3) is 0 Å². The Morgan fingerprint density at radius 3 is 2.39 bits per heavy atom. The first-order chi connectivity index (χ1) is 11.1. The van der Waals surface area contributed by atoms with Crippen molar-refractivity contribution in [1.82, 2.24) is 0 Å². The highest BCUT2D eigenvalue weighted by Gasteiger charge is 2.56. The van der Waals surface area contributed by atoms with Crippen LogP contribution in [0.1, 0.15) is 64.7 Å². The molecule has 0 saturated heterocycles. The molecule has 6 fully saturated rings. The minimum absolute atomic E-state index is 0.585. The Morgan fingerprint density at radius 1 is 0.913 bits per heavy atom. The SMILES string of the molecule is CC12C[C@@H]3CC(C[C@@H](C3)C1)/C2=C1\C2CC3CC=C(Br)C1C(C3)C2. The lowest BCUT2D eigenvalue weighted by molar-refractivity contribution is 0.0110. The van der Waals surface area contributed by atoms with E-state index in [4.69, 9.17) is 0 Å². The summed E-state index contributed by atoms with van der Waals surface area (Å²) < 4.78 is 1.58. The predicted octanol–water partition coefficient (Wildman–Crippen LogP) is 6.47. The van der Waals surface area contributed by atoms with Gasteiger partial charge in [-0.05, 0) is 103 Å². The molecule has 0 spiro atoms. The van der Waals surface area contributed by atoms with Crippen LogP contribution in [-0.4, -0.2) is 0 Å². The summed E-state index contributed by atoms with van der Waals surface area (Å²) in [5.74, 6) is 6.81. The maximum absolute atomic E-state index is 4.05. The summed E-state index contributed by atoms with van der Waals surface area (Å²) >= 11 is 4.05. The number of rotatable bonds is 0. The van der Waals surface area contributed by atoms with E-state index in [1.165, 1.54) is 38.5 Å². The highest BCUT2D eigenvalue weighted by Crippen LogP contribution is 2.67. The van der Waals surface area contributed by atoms with Crippen molar-refractivity contribution in [1.29, 1.82) is 0 Å². The first-order valence-corrected chi connectivity index (χ1v) is 11.0. The van der Waals surface area contributed by atoms with Crippen LogP contribution in [-0.2, 0) is 0 Å². The zero-order chi connectivity index (χ0) is 15.3. The van der Waals surface area contributed by atoms with Gasteiger partial charge < -0.3 is 0 Å². The van der Waals surface area contributed by atoms with Crippen molar-refractivity contribution in [2.45, 2.75) is 64.7 Å². The second-order valence-corrected chi connectivity index (χ2v) is 11.2. The van der Waals surface area contributed by atoms with Crippen molar-refractivity contribution in [2.75, 3.05) is 0 Å². The Kier molecular flexibility index (Phi) is 2.81. The predicted molar refractivity (Wildman–Crippen MR) is 98.1 cm³/mol. The van der Waals surface area contributed by atoms with E-state index in [9.17, 15) is 0 Å². The number of fused-ring (bicyclic) bond motifs is 2. The average Bonchev–Trinajstić information content (AvgIpc) is 2.67. The summed E-state index contributed by atoms with van der Waals surface area (Å²) in [5.41, 5.74) is 4.60. The average molecular weight is 373 g/mol. The molecule has 0 nitrogen and oxygen atoms in total. The lowest BCUT2D eigenvalue weighted by atomic mass is 9.47. The zero-order valence-corrected chi connectivity index (χ0v) is 15.9. The maximum Gasteiger partial charge on any atom is 0.0145 e. The fourth-order valence-electron chi connectivity index (χ4n) is 8.67. The minimum atomic E-state index is 0.585. The summed E-state index contributed by atoms with van der Waals surface area (Å²) in [4.78, 5) is 0. The fourth-order valence-corrected chi connectivity index (χ4v) is 9.47. The van der Waals surface area contributed by atoms with Crippen molar-refractivity contribution >= 4 is 15.9 Å². The summed E-state index contributed by atoms with van der Waals surface area (Å²) in [6.45, 7) is 2.67. The van der Waals surface area contributed by atoms with Gasteiger partial charge in [-0.2, -0.15) is 0 Å². The van der Waals surface area contributed by atoms with E-state index in [0.29, 0.717) is 5.41 Å². The lowest BCUT2D eigenvalue weighted by Crippen LogP contribution is -2.47. The summed E-state index contributed by atoms with van der Waals surface area (Å²) in [7, 11) is 0.